The van der Waals surface area contributed by atoms with E-state index < -0.39 is 11.9 Å². The van der Waals surface area contributed by atoms with E-state index in [1.807, 2.05) is 28.6 Å². The molecule has 2 aliphatic rings. The number of pyridine rings is 1. The van der Waals surface area contributed by atoms with Gasteiger partial charge in [-0.25, -0.2) is 4.79 Å². The Hall–Kier alpha value is -5.48. The standard InChI is InChI=1S/C32H23N3O4/c1-4-22-26(5-2)34(3)29-17-25-28(15-14-24(29)30(22)36)35(27-9-7-6-8-23(27)31(25)37)21-12-10-19(11-13-21)16-20(18-33)32(38)39/h4-17,24H,1-2H2,3H3,(H,38,39)/b20-16+. The number of hydrogen-bond acceptors (Lipinski definition) is 5. The van der Waals surface area contributed by atoms with Gasteiger partial charge in [0.1, 0.15) is 11.6 Å². The van der Waals surface area contributed by atoms with Crippen LogP contribution in [-0.4, -0.2) is 33.4 Å². The van der Waals surface area contributed by atoms with Crippen LogP contribution in [0.5, 0.6) is 0 Å². The van der Waals surface area contributed by atoms with Gasteiger partial charge in [0.2, 0.25) is 0 Å². The predicted octanol–water partition coefficient (Wildman–Crippen LogP) is 5.11. The van der Waals surface area contributed by atoms with Gasteiger partial charge in [0.05, 0.1) is 22.8 Å². The summed E-state index contributed by atoms with van der Waals surface area (Å²) in [6.07, 6.45) is 9.81. The summed E-state index contributed by atoms with van der Waals surface area (Å²) in [6, 6.07) is 16.0. The maximum Gasteiger partial charge on any atom is 0.346 e. The number of allylic oxidation sites excluding steroid dienone is 4. The van der Waals surface area contributed by atoms with Gasteiger partial charge < -0.3 is 14.6 Å². The monoisotopic (exact) mass is 513 g/mol. The molecule has 3 aromatic rings. The first-order valence-electron chi connectivity index (χ1n) is 12.1. The van der Waals surface area contributed by atoms with E-state index in [0.717, 1.165) is 5.69 Å². The minimum atomic E-state index is -1.30. The van der Waals surface area contributed by atoms with Crippen LogP contribution in [0.1, 0.15) is 16.8 Å². The van der Waals surface area contributed by atoms with Gasteiger partial charge in [0, 0.05) is 35.0 Å². The van der Waals surface area contributed by atoms with Crippen molar-refractivity contribution in [3.05, 3.63) is 130 Å². The zero-order chi connectivity index (χ0) is 27.8. The molecule has 1 aliphatic heterocycles. The summed E-state index contributed by atoms with van der Waals surface area (Å²) in [7, 11) is 1.84. The van der Waals surface area contributed by atoms with Crippen LogP contribution in [0.15, 0.2) is 107 Å². The summed E-state index contributed by atoms with van der Waals surface area (Å²) in [5.41, 5.74) is 4.21. The number of ketones is 1. The lowest BCUT2D eigenvalue weighted by molar-refractivity contribution is -0.132. The normalized spacial score (nSPS) is 16.7. The zero-order valence-corrected chi connectivity index (χ0v) is 21.1. The molecule has 0 amide bonds. The van der Waals surface area contributed by atoms with Crippen molar-refractivity contribution < 1.29 is 14.7 Å². The second-order valence-corrected chi connectivity index (χ2v) is 9.08. The van der Waals surface area contributed by atoms with Gasteiger partial charge in [-0.3, -0.25) is 9.59 Å². The van der Waals surface area contributed by atoms with Crippen LogP contribution in [0, 0.1) is 17.2 Å². The van der Waals surface area contributed by atoms with Crippen molar-refractivity contribution in [3.63, 3.8) is 0 Å². The Bertz CT molecular complexity index is 1830. The number of rotatable bonds is 5. The third kappa shape index (κ3) is 4.05. The average Bonchev–Trinajstić information content (AvgIpc) is 3.15. The van der Waals surface area contributed by atoms with E-state index in [9.17, 15) is 19.5 Å². The molecule has 1 unspecified atom stereocenters. The van der Waals surface area contributed by atoms with Crippen molar-refractivity contribution in [1.29, 1.82) is 5.26 Å². The van der Waals surface area contributed by atoms with Gasteiger partial charge in [-0.2, -0.15) is 5.26 Å². The molecule has 7 heteroatoms. The van der Waals surface area contributed by atoms with Crippen molar-refractivity contribution in [1.82, 2.24) is 9.47 Å². The molecule has 190 valence electrons. The highest BCUT2D eigenvalue weighted by atomic mass is 16.4. The molecule has 1 aliphatic carbocycles. The molecule has 1 aromatic heterocycles. The minimum Gasteiger partial charge on any atom is -0.477 e. The van der Waals surface area contributed by atoms with Crippen LogP contribution in [0.2, 0.25) is 0 Å². The minimum absolute atomic E-state index is 0.125. The molecule has 0 radical (unpaired) electrons. The van der Waals surface area contributed by atoms with Crippen LogP contribution in [-0.2, 0) is 9.59 Å². The van der Waals surface area contributed by atoms with Gasteiger partial charge in [0.25, 0.3) is 0 Å². The molecule has 1 N–H and O–H groups in total. The number of hydrogen-bond donors (Lipinski definition) is 1. The molecule has 0 saturated carbocycles. The highest BCUT2D eigenvalue weighted by molar-refractivity contribution is 6.06. The molecule has 0 saturated heterocycles. The third-order valence-electron chi connectivity index (χ3n) is 6.99. The number of aliphatic carboxylic acids is 1. The van der Waals surface area contributed by atoms with Crippen LogP contribution in [0.4, 0.5) is 0 Å². The molecule has 7 nitrogen and oxygen atoms in total. The van der Waals surface area contributed by atoms with Gasteiger partial charge in [-0.1, -0.05) is 49.6 Å². The van der Waals surface area contributed by atoms with Gasteiger partial charge in [-0.15, -0.1) is 0 Å². The van der Waals surface area contributed by atoms with E-state index in [2.05, 4.69) is 13.2 Å². The van der Waals surface area contributed by atoms with Crippen molar-refractivity contribution >= 4 is 40.9 Å². The summed E-state index contributed by atoms with van der Waals surface area (Å²) in [6.45, 7) is 7.67. The SMILES string of the molecule is C=CC1=C(C=C)N(C)C2=Cc3c(n(-c4ccc(/C=C(\C#N)C(=O)O)cc4)c4ccccc4c3=O)C=CC2C1=O. The number of carboxylic acids is 1. The third-order valence-corrected chi connectivity index (χ3v) is 6.99. The topological polar surface area (TPSA) is 103 Å². The molecular weight excluding hydrogens is 490 g/mol. The van der Waals surface area contributed by atoms with E-state index in [1.165, 1.54) is 12.2 Å². The van der Waals surface area contributed by atoms with E-state index in [-0.39, 0.29) is 16.8 Å². The second kappa shape index (κ2) is 9.77. The molecule has 1 atom stereocenters. The first-order valence-corrected chi connectivity index (χ1v) is 12.1. The van der Waals surface area contributed by atoms with Crippen molar-refractivity contribution in [2.75, 3.05) is 7.05 Å². The van der Waals surface area contributed by atoms with Gasteiger partial charge in [0.15, 0.2) is 11.2 Å². The number of nitriles is 1. The largest absolute Gasteiger partial charge is 0.477 e. The summed E-state index contributed by atoms with van der Waals surface area (Å²) in [5, 5.41) is 18.8. The Morgan fingerprint density at radius 1 is 1.08 bits per heavy atom. The number of likely N-dealkylation sites (N-methyl/N-ethyl adjacent to an activating group) is 1. The molecule has 2 aromatic carbocycles. The fraction of sp³-hybridized carbons (Fsp3) is 0.0625. The molecule has 0 spiro atoms. The summed E-state index contributed by atoms with van der Waals surface area (Å²) in [4.78, 5) is 40.3. The number of carboxylic acid groups (broad SMARTS) is 1. The molecule has 5 rings (SSSR count). The zero-order valence-electron chi connectivity index (χ0n) is 21.1. The lowest BCUT2D eigenvalue weighted by Crippen LogP contribution is -2.34. The smallest absolute Gasteiger partial charge is 0.346 e. The Kier molecular flexibility index (Phi) is 6.31. The summed E-state index contributed by atoms with van der Waals surface area (Å²) >= 11 is 0. The van der Waals surface area contributed by atoms with Gasteiger partial charge >= 0.3 is 5.97 Å². The highest BCUT2D eigenvalue weighted by Gasteiger charge is 2.35. The Balaban J connectivity index is 1.77. The number of carbonyl (C=O) groups is 2. The second-order valence-electron chi connectivity index (χ2n) is 9.08. The number of fused-ring (bicyclic) bond motifs is 3. The lowest BCUT2D eigenvalue weighted by atomic mass is 9.87. The number of benzene rings is 2. The van der Waals surface area contributed by atoms with Crippen molar-refractivity contribution in [2.24, 2.45) is 5.92 Å². The maximum atomic E-state index is 13.8. The first kappa shape index (κ1) is 25.2. The van der Waals surface area contributed by atoms with Crippen LogP contribution < -0.4 is 5.43 Å². The number of para-hydroxylation sites is 1. The lowest BCUT2D eigenvalue weighted by Gasteiger charge is -2.34. The van der Waals surface area contributed by atoms with E-state index in [0.29, 0.717) is 44.7 Å². The van der Waals surface area contributed by atoms with Crippen LogP contribution >= 0.6 is 0 Å². The number of Topliss-reactive ketones (excluding diaryl/α,β-unsaturated/α-hetero) is 1. The fourth-order valence-electron chi connectivity index (χ4n) is 5.10. The van der Waals surface area contributed by atoms with Crippen molar-refractivity contribution in [3.8, 4) is 11.8 Å². The Morgan fingerprint density at radius 3 is 2.44 bits per heavy atom. The summed E-state index contributed by atoms with van der Waals surface area (Å²) < 4.78 is 1.94. The van der Waals surface area contributed by atoms with Crippen LogP contribution in [0.3, 0.4) is 0 Å². The Labute approximate surface area is 224 Å². The average molecular weight is 514 g/mol. The molecule has 39 heavy (non-hydrogen) atoms. The van der Waals surface area contributed by atoms with E-state index in [4.69, 9.17) is 5.26 Å². The number of nitrogens with zero attached hydrogens (tertiary/aromatic N) is 3. The maximum absolute atomic E-state index is 13.8. The summed E-state index contributed by atoms with van der Waals surface area (Å²) in [5.74, 6) is -2.03. The van der Waals surface area contributed by atoms with Crippen molar-refractivity contribution in [2.45, 2.75) is 0 Å². The number of aromatic nitrogens is 1. The van der Waals surface area contributed by atoms with Gasteiger partial charge in [-0.05, 0) is 54.1 Å². The predicted molar refractivity (Wildman–Crippen MR) is 151 cm³/mol. The van der Waals surface area contributed by atoms with E-state index in [1.54, 1.807) is 66.8 Å². The highest BCUT2D eigenvalue weighted by Crippen LogP contribution is 2.37. The first-order chi connectivity index (χ1) is 18.8. The Morgan fingerprint density at radius 2 is 1.79 bits per heavy atom. The molecular formula is C32H23N3O4. The molecule has 0 bridgehead atoms. The fourth-order valence-corrected chi connectivity index (χ4v) is 5.10. The number of carbonyl (C=O) groups excluding carboxylic acids is 1. The van der Waals surface area contributed by atoms with E-state index >= 15 is 0 Å². The van der Waals surface area contributed by atoms with Crippen LogP contribution in [0.25, 0.3) is 34.8 Å². The molecule has 2 heterocycles. The molecule has 0 fully saturated rings. The quantitative estimate of drug-likeness (QED) is 0.376.